The Hall–Kier alpha value is -1.18. The fourth-order valence-corrected chi connectivity index (χ4v) is 0.965. The van der Waals surface area contributed by atoms with Crippen molar-refractivity contribution < 1.29 is 9.47 Å². The Bertz CT molecular complexity index is 204. The molecule has 2 heteroatoms. The van der Waals surface area contributed by atoms with E-state index in [4.69, 9.17) is 9.47 Å². The molecule has 0 atom stereocenters. The predicted octanol–water partition coefficient (Wildman–Crippen LogP) is 3.90. The van der Waals surface area contributed by atoms with Gasteiger partial charge in [-0.1, -0.05) is 20.3 Å². The van der Waals surface area contributed by atoms with Crippen LogP contribution in [0.4, 0.5) is 0 Å². The molecule has 0 unspecified atom stereocenters. The van der Waals surface area contributed by atoms with Crippen molar-refractivity contribution >= 4 is 0 Å². The second-order valence-electron chi connectivity index (χ2n) is 3.04. The van der Waals surface area contributed by atoms with E-state index in [-0.39, 0.29) is 0 Å². The van der Waals surface area contributed by atoms with E-state index in [1.807, 2.05) is 38.1 Å². The minimum atomic E-state index is 0.702. The number of hydrogen-bond acceptors (Lipinski definition) is 2. The van der Waals surface area contributed by atoms with Crippen LogP contribution in [0.5, 0.6) is 11.5 Å². The lowest BCUT2D eigenvalue weighted by molar-refractivity contribution is 0.330. The van der Waals surface area contributed by atoms with E-state index in [2.05, 4.69) is 13.8 Å². The van der Waals surface area contributed by atoms with Gasteiger partial charge in [0, 0.05) is 0 Å². The van der Waals surface area contributed by atoms with Crippen molar-refractivity contribution in [3.8, 4) is 11.5 Å². The third-order valence-corrected chi connectivity index (χ3v) is 1.45. The molecule has 2 nitrogen and oxygen atoms in total. The Morgan fingerprint density at radius 3 is 1.20 bits per heavy atom. The maximum absolute atomic E-state index is 5.28. The van der Waals surface area contributed by atoms with E-state index in [1.165, 1.54) is 6.42 Å². The summed E-state index contributed by atoms with van der Waals surface area (Å²) in [5.41, 5.74) is 0. The van der Waals surface area contributed by atoms with Crippen molar-refractivity contribution in [2.45, 2.75) is 34.1 Å². The van der Waals surface area contributed by atoms with Crippen molar-refractivity contribution in [2.24, 2.45) is 0 Å². The average molecular weight is 210 g/mol. The topological polar surface area (TPSA) is 18.5 Å². The largest absolute Gasteiger partial charge is 0.494 e. The Kier molecular flexibility index (Phi) is 8.64. The molecule has 0 aliphatic rings. The van der Waals surface area contributed by atoms with Gasteiger partial charge < -0.3 is 9.47 Å². The Morgan fingerprint density at radius 1 is 0.733 bits per heavy atom. The molecule has 0 bridgehead atoms. The van der Waals surface area contributed by atoms with Crippen LogP contribution in [0.25, 0.3) is 0 Å². The molecule has 0 N–H and O–H groups in total. The fraction of sp³-hybridized carbons (Fsp3) is 0.538. The summed E-state index contributed by atoms with van der Waals surface area (Å²) in [4.78, 5) is 0. The second kappa shape index (κ2) is 9.38. The van der Waals surface area contributed by atoms with Crippen molar-refractivity contribution in [3.05, 3.63) is 24.3 Å². The van der Waals surface area contributed by atoms with Crippen LogP contribution in [0.15, 0.2) is 24.3 Å². The van der Waals surface area contributed by atoms with E-state index in [1.54, 1.807) is 0 Å². The second-order valence-corrected chi connectivity index (χ2v) is 3.04. The predicted molar refractivity (Wildman–Crippen MR) is 64.7 cm³/mol. The molecule has 0 fully saturated rings. The lowest BCUT2D eigenvalue weighted by atomic mass is 10.3. The first-order chi connectivity index (χ1) is 7.28. The minimum Gasteiger partial charge on any atom is -0.494 e. The summed E-state index contributed by atoms with van der Waals surface area (Å²) in [6, 6.07) is 7.64. The van der Waals surface area contributed by atoms with Gasteiger partial charge in [0.1, 0.15) is 11.5 Å². The lowest BCUT2D eigenvalue weighted by Crippen LogP contribution is -1.93. The molecule has 0 aliphatic carbocycles. The van der Waals surface area contributed by atoms with E-state index in [0.717, 1.165) is 11.5 Å². The van der Waals surface area contributed by atoms with E-state index < -0.39 is 0 Å². The van der Waals surface area contributed by atoms with Crippen molar-refractivity contribution in [1.82, 2.24) is 0 Å². The summed E-state index contributed by atoms with van der Waals surface area (Å²) in [5, 5.41) is 0. The maximum atomic E-state index is 5.28. The molecule has 0 saturated carbocycles. The average Bonchev–Trinajstić information content (AvgIpc) is 2.23. The highest BCUT2D eigenvalue weighted by Crippen LogP contribution is 2.17. The van der Waals surface area contributed by atoms with Gasteiger partial charge in [0.2, 0.25) is 0 Å². The number of rotatable bonds is 4. The summed E-state index contributed by atoms with van der Waals surface area (Å²) in [6.07, 6.45) is 1.25. The molecule has 0 aliphatic heterocycles. The Balaban J connectivity index is 0.000000583. The molecule has 0 heterocycles. The quantitative estimate of drug-likeness (QED) is 0.750. The molecule has 1 aromatic rings. The fourth-order valence-electron chi connectivity index (χ4n) is 0.965. The highest BCUT2D eigenvalue weighted by molar-refractivity contribution is 5.31. The zero-order chi connectivity index (χ0) is 11.5. The third kappa shape index (κ3) is 6.83. The van der Waals surface area contributed by atoms with Crippen molar-refractivity contribution in [2.75, 3.05) is 13.2 Å². The van der Waals surface area contributed by atoms with Gasteiger partial charge in [-0.05, 0) is 38.1 Å². The molecular formula is C13H22O2. The van der Waals surface area contributed by atoms with Crippen LogP contribution in [-0.2, 0) is 0 Å². The first-order valence-corrected chi connectivity index (χ1v) is 5.64. The van der Waals surface area contributed by atoms with Gasteiger partial charge in [-0.25, -0.2) is 0 Å². The van der Waals surface area contributed by atoms with Gasteiger partial charge in [0.05, 0.1) is 13.2 Å². The van der Waals surface area contributed by atoms with Gasteiger partial charge in [-0.2, -0.15) is 0 Å². The van der Waals surface area contributed by atoms with E-state index in [0.29, 0.717) is 13.2 Å². The molecule has 0 aromatic heterocycles. The molecule has 1 rings (SSSR count). The van der Waals surface area contributed by atoms with Crippen LogP contribution in [0, 0.1) is 0 Å². The molecular weight excluding hydrogens is 188 g/mol. The summed E-state index contributed by atoms with van der Waals surface area (Å²) in [6.45, 7) is 9.59. The first kappa shape index (κ1) is 13.8. The van der Waals surface area contributed by atoms with Crippen LogP contribution < -0.4 is 9.47 Å². The molecule has 86 valence electrons. The van der Waals surface area contributed by atoms with Crippen molar-refractivity contribution in [1.29, 1.82) is 0 Å². The molecule has 1 aromatic carbocycles. The number of benzene rings is 1. The van der Waals surface area contributed by atoms with E-state index in [9.17, 15) is 0 Å². The number of hydrogen-bond donors (Lipinski definition) is 0. The highest BCUT2D eigenvalue weighted by Gasteiger charge is 1.92. The zero-order valence-electron chi connectivity index (χ0n) is 10.2. The summed E-state index contributed by atoms with van der Waals surface area (Å²) in [7, 11) is 0. The monoisotopic (exact) mass is 210 g/mol. The smallest absolute Gasteiger partial charge is 0.119 e. The summed E-state index contributed by atoms with van der Waals surface area (Å²) < 4.78 is 10.6. The highest BCUT2D eigenvalue weighted by atomic mass is 16.5. The number of ether oxygens (including phenoxy) is 2. The Morgan fingerprint density at radius 2 is 1.00 bits per heavy atom. The van der Waals surface area contributed by atoms with Gasteiger partial charge in [0.25, 0.3) is 0 Å². The molecule has 0 radical (unpaired) electrons. The molecule has 15 heavy (non-hydrogen) atoms. The lowest BCUT2D eigenvalue weighted by Gasteiger charge is -2.04. The summed E-state index contributed by atoms with van der Waals surface area (Å²) in [5.74, 6) is 1.78. The van der Waals surface area contributed by atoms with Gasteiger partial charge >= 0.3 is 0 Å². The standard InChI is InChI=1S/C10H14O2.C3H8/c1-3-11-9-5-7-10(8-6-9)12-4-2;1-3-2/h5-8H,3-4H2,1-2H3;3H2,1-2H3. The van der Waals surface area contributed by atoms with Crippen LogP contribution in [0.1, 0.15) is 34.1 Å². The van der Waals surface area contributed by atoms with Crippen LogP contribution >= 0.6 is 0 Å². The van der Waals surface area contributed by atoms with Gasteiger partial charge in [0.15, 0.2) is 0 Å². The molecule has 0 saturated heterocycles. The third-order valence-electron chi connectivity index (χ3n) is 1.45. The zero-order valence-corrected chi connectivity index (χ0v) is 10.2. The normalized spacial score (nSPS) is 8.80. The maximum Gasteiger partial charge on any atom is 0.119 e. The van der Waals surface area contributed by atoms with Crippen molar-refractivity contribution in [3.63, 3.8) is 0 Å². The van der Waals surface area contributed by atoms with Crippen LogP contribution in [0.3, 0.4) is 0 Å². The van der Waals surface area contributed by atoms with E-state index >= 15 is 0 Å². The Labute approximate surface area is 93.2 Å². The van der Waals surface area contributed by atoms with Gasteiger partial charge in [-0.3, -0.25) is 0 Å². The summed E-state index contributed by atoms with van der Waals surface area (Å²) >= 11 is 0. The minimum absolute atomic E-state index is 0.702. The molecule has 0 amide bonds. The molecule has 0 spiro atoms. The van der Waals surface area contributed by atoms with Crippen LogP contribution in [-0.4, -0.2) is 13.2 Å². The van der Waals surface area contributed by atoms with Crippen LogP contribution in [0.2, 0.25) is 0 Å². The van der Waals surface area contributed by atoms with Gasteiger partial charge in [-0.15, -0.1) is 0 Å². The first-order valence-electron chi connectivity index (χ1n) is 5.64. The SMILES string of the molecule is CCC.CCOc1ccc(OCC)cc1.